The van der Waals surface area contributed by atoms with Crippen molar-refractivity contribution in [1.82, 2.24) is 10.6 Å². The van der Waals surface area contributed by atoms with Crippen LogP contribution in [0.3, 0.4) is 0 Å². The zero-order valence-electron chi connectivity index (χ0n) is 22.2. The Balaban J connectivity index is 2.10. The number of esters is 1. The summed E-state index contributed by atoms with van der Waals surface area (Å²) >= 11 is 0. The van der Waals surface area contributed by atoms with Gasteiger partial charge >= 0.3 is 5.97 Å². The predicted molar refractivity (Wildman–Crippen MR) is 149 cm³/mol. The first-order valence-electron chi connectivity index (χ1n) is 13.0. The molecule has 0 aliphatic carbocycles. The van der Waals surface area contributed by atoms with Crippen molar-refractivity contribution in [2.45, 2.75) is 51.1 Å². The van der Waals surface area contributed by atoms with Gasteiger partial charge in [-0.2, -0.15) is 0 Å². The molecule has 0 aliphatic rings. The molecule has 0 saturated carbocycles. The van der Waals surface area contributed by atoms with Gasteiger partial charge in [0.2, 0.25) is 11.8 Å². The maximum atomic E-state index is 13.2. The Kier molecular flexibility index (Phi) is 13.6. The monoisotopic (exact) mass is 520 g/mol. The van der Waals surface area contributed by atoms with E-state index in [-0.39, 0.29) is 43.3 Å². The van der Waals surface area contributed by atoms with Gasteiger partial charge in [0.05, 0.1) is 24.5 Å². The zero-order valence-corrected chi connectivity index (χ0v) is 22.2. The summed E-state index contributed by atoms with van der Waals surface area (Å²) in [6.07, 6.45) is 5.04. The van der Waals surface area contributed by atoms with Crippen LogP contribution in [0.25, 0.3) is 0 Å². The highest BCUT2D eigenvalue weighted by Gasteiger charge is 2.26. The molecule has 38 heavy (non-hydrogen) atoms. The molecule has 2 amide bonds. The van der Waals surface area contributed by atoms with Crippen LogP contribution in [0.4, 0.5) is 0 Å². The van der Waals surface area contributed by atoms with Crippen LogP contribution in [0, 0.1) is 11.8 Å². The number of carbonyl (C=O) groups is 3. The number of aliphatic hydroxyl groups excluding tert-OH is 1. The maximum absolute atomic E-state index is 13.2. The summed E-state index contributed by atoms with van der Waals surface area (Å²) in [6, 6.07) is 18.5. The summed E-state index contributed by atoms with van der Waals surface area (Å²) in [5, 5.41) is 14.8. The normalized spacial score (nSPS) is 13.8. The van der Waals surface area contributed by atoms with Gasteiger partial charge in [0.15, 0.2) is 0 Å². The van der Waals surface area contributed by atoms with Crippen molar-refractivity contribution in [3.05, 3.63) is 97.1 Å². The van der Waals surface area contributed by atoms with Gasteiger partial charge in [-0.05, 0) is 43.7 Å². The Bertz CT molecular complexity index is 1030. The van der Waals surface area contributed by atoms with Crippen molar-refractivity contribution in [2.24, 2.45) is 11.8 Å². The van der Waals surface area contributed by atoms with Crippen LogP contribution in [0.5, 0.6) is 0 Å². The molecule has 0 saturated heterocycles. The summed E-state index contributed by atoms with van der Waals surface area (Å²) < 4.78 is 5.72. The number of aliphatic hydroxyl groups is 1. The van der Waals surface area contributed by atoms with E-state index in [1.807, 2.05) is 60.7 Å². The number of nitrogens with one attached hydrogen (secondary N) is 2. The molecule has 7 heteroatoms. The molecule has 0 bridgehead atoms. The molecule has 0 unspecified atom stereocenters. The molecule has 2 rings (SSSR count). The fourth-order valence-corrected chi connectivity index (χ4v) is 4.12. The largest absolute Gasteiger partial charge is 0.463 e. The van der Waals surface area contributed by atoms with Crippen LogP contribution in [0.15, 0.2) is 86.0 Å². The van der Waals surface area contributed by atoms with E-state index in [0.29, 0.717) is 25.7 Å². The first-order valence-corrected chi connectivity index (χ1v) is 13.0. The summed E-state index contributed by atoms with van der Waals surface area (Å²) in [7, 11) is 0. The number of hydrogen-bond donors (Lipinski definition) is 3. The molecule has 0 spiro atoms. The van der Waals surface area contributed by atoms with Gasteiger partial charge in [-0.1, -0.05) is 72.8 Å². The third-order valence-electron chi connectivity index (χ3n) is 6.14. The quantitative estimate of drug-likeness (QED) is 0.218. The molecule has 2 aromatic rings. The van der Waals surface area contributed by atoms with E-state index in [0.717, 1.165) is 11.1 Å². The van der Waals surface area contributed by atoms with Gasteiger partial charge in [-0.15, -0.1) is 13.2 Å². The Morgan fingerprint density at radius 2 is 1.42 bits per heavy atom. The fourth-order valence-electron chi connectivity index (χ4n) is 4.12. The number of amides is 2. The molecule has 0 aromatic heterocycles. The van der Waals surface area contributed by atoms with Crippen LogP contribution in [0.2, 0.25) is 0 Å². The molecule has 0 heterocycles. The van der Waals surface area contributed by atoms with Gasteiger partial charge in [0.25, 0.3) is 0 Å². The van der Waals surface area contributed by atoms with Gasteiger partial charge in [-0.3, -0.25) is 14.4 Å². The van der Waals surface area contributed by atoms with Crippen molar-refractivity contribution in [2.75, 3.05) is 13.2 Å². The van der Waals surface area contributed by atoms with E-state index >= 15 is 0 Å². The third kappa shape index (κ3) is 11.1. The Morgan fingerprint density at radius 3 is 1.97 bits per heavy atom. The molecular formula is C31H40N2O5. The summed E-state index contributed by atoms with van der Waals surface area (Å²) in [5.74, 6) is -2.01. The van der Waals surface area contributed by atoms with Crippen molar-refractivity contribution in [3.8, 4) is 0 Å². The predicted octanol–water partition coefficient (Wildman–Crippen LogP) is 3.77. The zero-order chi connectivity index (χ0) is 27.8. The number of ether oxygens (including phenoxy) is 1. The lowest BCUT2D eigenvalue weighted by Gasteiger charge is -2.24. The van der Waals surface area contributed by atoms with Crippen molar-refractivity contribution in [3.63, 3.8) is 0 Å². The molecule has 0 radical (unpaired) electrons. The lowest BCUT2D eigenvalue weighted by molar-refractivity contribution is -0.149. The Hall–Kier alpha value is -3.71. The number of hydrogen-bond acceptors (Lipinski definition) is 5. The van der Waals surface area contributed by atoms with Gasteiger partial charge in [0, 0.05) is 12.5 Å². The number of allylic oxidation sites excluding steroid dienone is 2. The highest BCUT2D eigenvalue weighted by atomic mass is 16.5. The van der Waals surface area contributed by atoms with Crippen LogP contribution >= 0.6 is 0 Å². The van der Waals surface area contributed by atoms with E-state index < -0.39 is 18.0 Å². The SMILES string of the molecule is C=CC[C@H](CC(=O)N[C@@H](C)CO)C(=O)N[C@@H](COC(=O)[C@@H](CC=C)Cc1ccccc1)Cc1ccccc1. The standard InChI is InChI=1S/C31H40N2O5/c1-4-12-26(20-29(35)32-23(3)21-34)30(36)33-28(19-25-16-10-7-11-17-25)22-38-31(37)27(13-5-2)18-24-14-8-6-9-15-24/h4-11,14-17,23,26-28,34H,1-2,12-13,18-22H2,3H3,(H,32,35)(H,33,36)/t23-,26+,27-,28+/m0/s1. The second-order valence-corrected chi connectivity index (χ2v) is 9.51. The molecule has 0 fully saturated rings. The smallest absolute Gasteiger partial charge is 0.309 e. The lowest BCUT2D eigenvalue weighted by atomic mass is 9.96. The van der Waals surface area contributed by atoms with Crippen LogP contribution in [-0.2, 0) is 32.0 Å². The van der Waals surface area contributed by atoms with Crippen molar-refractivity contribution >= 4 is 17.8 Å². The Morgan fingerprint density at radius 1 is 0.868 bits per heavy atom. The van der Waals surface area contributed by atoms with E-state index in [2.05, 4.69) is 23.8 Å². The van der Waals surface area contributed by atoms with Crippen LogP contribution in [-0.4, -0.2) is 48.2 Å². The summed E-state index contributed by atoms with van der Waals surface area (Å²) in [6.45, 7) is 8.99. The Labute approximate surface area is 226 Å². The molecule has 2 aromatic carbocycles. The number of carbonyl (C=O) groups excluding carboxylic acids is 3. The van der Waals surface area contributed by atoms with Crippen molar-refractivity contribution < 1.29 is 24.2 Å². The first kappa shape index (κ1) is 30.5. The second-order valence-electron chi connectivity index (χ2n) is 9.51. The summed E-state index contributed by atoms with van der Waals surface area (Å²) in [5.41, 5.74) is 2.02. The first-order chi connectivity index (χ1) is 18.4. The molecule has 3 N–H and O–H groups in total. The fraction of sp³-hybridized carbons (Fsp3) is 0.387. The molecule has 4 atom stereocenters. The average Bonchev–Trinajstić information content (AvgIpc) is 2.92. The van der Waals surface area contributed by atoms with Crippen LogP contribution < -0.4 is 10.6 Å². The summed E-state index contributed by atoms with van der Waals surface area (Å²) in [4.78, 5) is 38.6. The maximum Gasteiger partial charge on any atom is 0.309 e. The van der Waals surface area contributed by atoms with E-state index in [1.165, 1.54) is 0 Å². The average molecular weight is 521 g/mol. The van der Waals surface area contributed by atoms with Gasteiger partial charge in [-0.25, -0.2) is 0 Å². The highest BCUT2D eigenvalue weighted by Crippen LogP contribution is 2.16. The molecule has 204 valence electrons. The second kappa shape index (κ2) is 16.9. The molecule has 7 nitrogen and oxygen atoms in total. The minimum Gasteiger partial charge on any atom is -0.463 e. The third-order valence-corrected chi connectivity index (χ3v) is 6.14. The minimum atomic E-state index is -0.640. The molecule has 0 aliphatic heterocycles. The van der Waals surface area contributed by atoms with E-state index in [4.69, 9.17) is 4.74 Å². The molecular weight excluding hydrogens is 480 g/mol. The van der Waals surface area contributed by atoms with Gasteiger partial charge < -0.3 is 20.5 Å². The lowest BCUT2D eigenvalue weighted by Crippen LogP contribution is -2.45. The number of rotatable bonds is 17. The minimum absolute atomic E-state index is 0.00352. The highest BCUT2D eigenvalue weighted by molar-refractivity contribution is 5.86. The topological polar surface area (TPSA) is 105 Å². The van der Waals surface area contributed by atoms with Crippen LogP contribution in [0.1, 0.15) is 37.3 Å². The van der Waals surface area contributed by atoms with E-state index in [1.54, 1.807) is 19.1 Å². The van der Waals surface area contributed by atoms with Gasteiger partial charge in [0.1, 0.15) is 6.61 Å². The number of benzene rings is 2. The van der Waals surface area contributed by atoms with E-state index in [9.17, 15) is 19.5 Å². The van der Waals surface area contributed by atoms with Crippen molar-refractivity contribution in [1.29, 1.82) is 0 Å².